The average molecular weight is 315 g/mol. The summed E-state index contributed by atoms with van der Waals surface area (Å²) in [5, 5.41) is 2.82. The number of nitrogens with one attached hydrogen (secondary N) is 1. The van der Waals surface area contributed by atoms with Crippen LogP contribution in [0.15, 0.2) is 53.1 Å². The number of amides is 1. The Balaban J connectivity index is 2.03. The molecule has 1 aromatic carbocycles. The van der Waals surface area contributed by atoms with Crippen LogP contribution in [-0.2, 0) is 9.53 Å². The highest BCUT2D eigenvalue weighted by molar-refractivity contribution is 5.92. The number of furan rings is 1. The molecule has 0 radical (unpaired) electrons. The lowest BCUT2D eigenvalue weighted by molar-refractivity contribution is -0.144. The van der Waals surface area contributed by atoms with E-state index in [2.05, 4.69) is 5.32 Å². The Hall–Kier alpha value is -2.56. The molecule has 0 bridgehead atoms. The monoisotopic (exact) mass is 315 g/mol. The van der Waals surface area contributed by atoms with Crippen molar-refractivity contribution >= 4 is 11.9 Å². The smallest absolute Gasteiger partial charge is 0.308 e. The SMILES string of the molecule is CCCCOC(=O)CC(NC(=O)c1ccco1)c1ccccc1. The molecule has 1 unspecified atom stereocenters. The number of ether oxygens (including phenoxy) is 1. The molecule has 1 aromatic heterocycles. The van der Waals surface area contributed by atoms with Crippen LogP contribution in [0.3, 0.4) is 0 Å². The molecule has 1 amide bonds. The van der Waals surface area contributed by atoms with Crippen molar-refractivity contribution in [3.8, 4) is 0 Å². The fourth-order valence-corrected chi connectivity index (χ4v) is 2.13. The number of benzene rings is 1. The Bertz CT molecular complexity index is 607. The minimum Gasteiger partial charge on any atom is -0.466 e. The van der Waals surface area contributed by atoms with Crippen molar-refractivity contribution in [2.45, 2.75) is 32.2 Å². The van der Waals surface area contributed by atoms with Gasteiger partial charge in [0, 0.05) is 0 Å². The maximum absolute atomic E-state index is 12.2. The molecular weight excluding hydrogens is 294 g/mol. The van der Waals surface area contributed by atoms with Crippen molar-refractivity contribution in [1.82, 2.24) is 5.32 Å². The minimum absolute atomic E-state index is 0.0835. The van der Waals surface area contributed by atoms with Gasteiger partial charge in [0.05, 0.1) is 25.3 Å². The first-order valence-electron chi connectivity index (χ1n) is 7.75. The molecule has 0 fully saturated rings. The lowest BCUT2D eigenvalue weighted by atomic mass is 10.0. The Morgan fingerprint density at radius 3 is 2.61 bits per heavy atom. The van der Waals surface area contributed by atoms with Gasteiger partial charge in [-0.1, -0.05) is 43.7 Å². The fraction of sp³-hybridized carbons (Fsp3) is 0.333. The van der Waals surface area contributed by atoms with Gasteiger partial charge in [-0.3, -0.25) is 9.59 Å². The first-order chi connectivity index (χ1) is 11.2. The van der Waals surface area contributed by atoms with E-state index in [1.165, 1.54) is 6.26 Å². The molecule has 2 rings (SSSR count). The summed E-state index contributed by atoms with van der Waals surface area (Å²) in [6.45, 7) is 2.44. The predicted octanol–water partition coefficient (Wildman–Crippen LogP) is 3.48. The van der Waals surface area contributed by atoms with E-state index < -0.39 is 6.04 Å². The highest BCUT2D eigenvalue weighted by Gasteiger charge is 2.21. The zero-order valence-corrected chi connectivity index (χ0v) is 13.2. The Morgan fingerprint density at radius 2 is 1.96 bits per heavy atom. The van der Waals surface area contributed by atoms with Crippen LogP contribution in [0.4, 0.5) is 0 Å². The molecule has 1 atom stereocenters. The zero-order valence-electron chi connectivity index (χ0n) is 13.2. The van der Waals surface area contributed by atoms with Crippen LogP contribution in [-0.4, -0.2) is 18.5 Å². The van der Waals surface area contributed by atoms with E-state index in [9.17, 15) is 9.59 Å². The van der Waals surface area contributed by atoms with Gasteiger partial charge in [-0.15, -0.1) is 0 Å². The zero-order chi connectivity index (χ0) is 16.5. The fourth-order valence-electron chi connectivity index (χ4n) is 2.13. The van der Waals surface area contributed by atoms with Crippen LogP contribution in [0.1, 0.15) is 48.3 Å². The highest BCUT2D eigenvalue weighted by atomic mass is 16.5. The maximum Gasteiger partial charge on any atom is 0.308 e. The van der Waals surface area contributed by atoms with Crippen LogP contribution in [0, 0.1) is 0 Å². The summed E-state index contributed by atoms with van der Waals surface area (Å²) in [7, 11) is 0. The number of hydrogen-bond donors (Lipinski definition) is 1. The summed E-state index contributed by atoms with van der Waals surface area (Å²) in [5.41, 5.74) is 0.847. The third-order valence-electron chi connectivity index (χ3n) is 3.38. The Morgan fingerprint density at radius 1 is 1.17 bits per heavy atom. The number of carbonyl (C=O) groups excluding carboxylic acids is 2. The third kappa shape index (κ3) is 5.29. The number of hydrogen-bond acceptors (Lipinski definition) is 4. The van der Waals surface area contributed by atoms with Crippen LogP contribution < -0.4 is 5.32 Å². The van der Waals surface area contributed by atoms with Crippen molar-refractivity contribution < 1.29 is 18.7 Å². The van der Waals surface area contributed by atoms with E-state index in [1.807, 2.05) is 37.3 Å². The van der Waals surface area contributed by atoms with Gasteiger partial charge < -0.3 is 14.5 Å². The molecule has 2 aromatic rings. The number of unbranched alkanes of at least 4 members (excludes halogenated alkanes) is 1. The molecule has 122 valence electrons. The third-order valence-corrected chi connectivity index (χ3v) is 3.38. The van der Waals surface area contributed by atoms with E-state index in [0.29, 0.717) is 6.61 Å². The first kappa shape index (κ1) is 16.8. The second-order valence-corrected chi connectivity index (χ2v) is 5.19. The molecule has 1 heterocycles. The van der Waals surface area contributed by atoms with Crippen molar-refractivity contribution in [2.24, 2.45) is 0 Å². The first-order valence-corrected chi connectivity index (χ1v) is 7.75. The summed E-state index contributed by atoms with van der Waals surface area (Å²) in [4.78, 5) is 24.1. The predicted molar refractivity (Wildman–Crippen MR) is 85.8 cm³/mol. The molecule has 1 N–H and O–H groups in total. The summed E-state index contributed by atoms with van der Waals surface area (Å²) < 4.78 is 10.3. The molecular formula is C18H21NO4. The Kier molecular flexibility index (Phi) is 6.41. The van der Waals surface area contributed by atoms with Crippen LogP contribution in [0.25, 0.3) is 0 Å². The molecule has 0 spiro atoms. The van der Waals surface area contributed by atoms with Gasteiger partial charge in [-0.2, -0.15) is 0 Å². The summed E-state index contributed by atoms with van der Waals surface area (Å²) >= 11 is 0. The quantitative estimate of drug-likeness (QED) is 0.598. The number of rotatable bonds is 8. The van der Waals surface area contributed by atoms with Gasteiger partial charge in [0.2, 0.25) is 0 Å². The molecule has 0 saturated carbocycles. The van der Waals surface area contributed by atoms with Gasteiger partial charge >= 0.3 is 5.97 Å². The minimum atomic E-state index is -0.456. The molecule has 0 aliphatic rings. The highest BCUT2D eigenvalue weighted by Crippen LogP contribution is 2.18. The summed E-state index contributed by atoms with van der Waals surface area (Å²) in [6.07, 6.45) is 3.32. The molecule has 0 aliphatic heterocycles. The second kappa shape index (κ2) is 8.78. The van der Waals surface area contributed by atoms with E-state index in [4.69, 9.17) is 9.15 Å². The average Bonchev–Trinajstić information content (AvgIpc) is 3.10. The molecule has 5 nitrogen and oxygen atoms in total. The van der Waals surface area contributed by atoms with Gasteiger partial charge in [0.15, 0.2) is 5.76 Å². The normalized spacial score (nSPS) is 11.7. The lowest BCUT2D eigenvalue weighted by Crippen LogP contribution is -2.30. The molecule has 0 saturated heterocycles. The van der Waals surface area contributed by atoms with Gasteiger partial charge in [0.25, 0.3) is 5.91 Å². The summed E-state index contributed by atoms with van der Waals surface area (Å²) in [5.74, 6) is -0.470. The molecule has 0 aliphatic carbocycles. The van der Waals surface area contributed by atoms with Gasteiger partial charge in [0.1, 0.15) is 0 Å². The van der Waals surface area contributed by atoms with Crippen molar-refractivity contribution in [3.05, 3.63) is 60.1 Å². The van der Waals surface area contributed by atoms with Crippen LogP contribution >= 0.6 is 0 Å². The van der Waals surface area contributed by atoms with Crippen molar-refractivity contribution in [2.75, 3.05) is 6.61 Å². The largest absolute Gasteiger partial charge is 0.466 e. The van der Waals surface area contributed by atoms with Crippen LogP contribution in [0.5, 0.6) is 0 Å². The van der Waals surface area contributed by atoms with Gasteiger partial charge in [-0.25, -0.2) is 0 Å². The van der Waals surface area contributed by atoms with Crippen molar-refractivity contribution in [1.29, 1.82) is 0 Å². The van der Waals surface area contributed by atoms with E-state index in [-0.39, 0.29) is 24.1 Å². The van der Waals surface area contributed by atoms with Crippen LogP contribution in [0.2, 0.25) is 0 Å². The van der Waals surface area contributed by atoms with Crippen molar-refractivity contribution in [3.63, 3.8) is 0 Å². The topological polar surface area (TPSA) is 68.5 Å². The van der Waals surface area contributed by atoms with E-state index in [0.717, 1.165) is 18.4 Å². The number of carbonyl (C=O) groups is 2. The van der Waals surface area contributed by atoms with Gasteiger partial charge in [-0.05, 0) is 24.1 Å². The lowest BCUT2D eigenvalue weighted by Gasteiger charge is -2.18. The van der Waals surface area contributed by atoms with E-state index in [1.54, 1.807) is 12.1 Å². The summed E-state index contributed by atoms with van der Waals surface area (Å²) in [6, 6.07) is 12.1. The van der Waals surface area contributed by atoms with E-state index >= 15 is 0 Å². The Labute approximate surface area is 135 Å². The molecule has 23 heavy (non-hydrogen) atoms. The standard InChI is InChI=1S/C18H21NO4/c1-2-3-11-23-17(20)13-15(14-8-5-4-6-9-14)19-18(21)16-10-7-12-22-16/h4-10,12,15H,2-3,11,13H2,1H3,(H,19,21). The molecule has 5 heteroatoms. The maximum atomic E-state index is 12.2. The second-order valence-electron chi connectivity index (χ2n) is 5.19. The number of esters is 1.